The highest BCUT2D eigenvalue weighted by molar-refractivity contribution is 5.89. The summed E-state index contributed by atoms with van der Waals surface area (Å²) >= 11 is 0. The van der Waals surface area contributed by atoms with Crippen LogP contribution in [0.4, 0.5) is 0 Å². The number of rotatable bonds is 3. The molecule has 0 N–H and O–H groups in total. The standard InChI is InChI=1S/C36H46O7/c1-20-15-30(38)36(40-19-20)21(2)32-29(43-36)17-28-26-12-11-24-16-25(41-22(3)37)13-14-34(24,4)27(26)18-31(35(28,32)5)42-33(39)23-9-7-6-8-10-23/h6-10,17,20-21,24-27,29,31-32H,11-16,18-19H2,1-5H3/t20-,21+,24+,25+,26-,27+,29+,31-,32+,34+,35-,36+/m1/s1. The molecule has 1 aromatic rings. The van der Waals surface area contributed by atoms with Crippen molar-refractivity contribution < 1.29 is 33.3 Å². The minimum Gasteiger partial charge on any atom is -0.463 e. The van der Waals surface area contributed by atoms with Crippen molar-refractivity contribution in [2.45, 2.75) is 104 Å². The first kappa shape index (κ1) is 29.2. The summed E-state index contributed by atoms with van der Waals surface area (Å²) in [6, 6.07) is 9.25. The van der Waals surface area contributed by atoms with Crippen LogP contribution in [-0.2, 0) is 28.5 Å². The molecule has 0 radical (unpaired) electrons. The first-order valence-corrected chi connectivity index (χ1v) is 16.5. The van der Waals surface area contributed by atoms with Gasteiger partial charge in [0.1, 0.15) is 12.2 Å². The van der Waals surface area contributed by atoms with Crippen LogP contribution in [0.15, 0.2) is 42.0 Å². The molecule has 232 valence electrons. The lowest BCUT2D eigenvalue weighted by Crippen LogP contribution is -2.59. The van der Waals surface area contributed by atoms with E-state index in [1.807, 2.05) is 37.3 Å². The fourth-order valence-electron chi connectivity index (χ4n) is 10.6. The van der Waals surface area contributed by atoms with Gasteiger partial charge in [-0.05, 0) is 79.7 Å². The van der Waals surface area contributed by atoms with E-state index in [4.69, 9.17) is 18.9 Å². The first-order valence-electron chi connectivity index (χ1n) is 16.5. The van der Waals surface area contributed by atoms with Crippen molar-refractivity contribution in [1.29, 1.82) is 0 Å². The summed E-state index contributed by atoms with van der Waals surface area (Å²) in [5.74, 6) is -0.548. The molecule has 7 rings (SSSR count). The Labute approximate surface area is 255 Å². The SMILES string of the molecule is CC(=O)O[C@H]1CC[C@@]2(C)[C@@H](CC[C@H]3C4=C[C@@H]5O[C@@]6(OC[C@H](C)CC6=O)[C@@H](C)[C@@H]5[C@@]4(C)[C@H](OC(=O)c4ccccc4)C[C@@H]32)C1. The number of ketones is 1. The second kappa shape index (κ2) is 10.3. The maximum Gasteiger partial charge on any atom is 0.338 e. The molecule has 2 aliphatic heterocycles. The van der Waals surface area contributed by atoms with Crippen LogP contribution in [0.5, 0.6) is 0 Å². The van der Waals surface area contributed by atoms with Gasteiger partial charge < -0.3 is 18.9 Å². The average Bonchev–Trinajstić information content (AvgIpc) is 3.43. The van der Waals surface area contributed by atoms with Crippen LogP contribution in [0, 0.1) is 46.3 Å². The number of Topliss-reactive ketones (excluding diaryl/α,β-unsaturated/α-hetero) is 1. The lowest BCUT2D eigenvalue weighted by molar-refractivity contribution is -0.245. The van der Waals surface area contributed by atoms with E-state index in [0.29, 0.717) is 36.3 Å². The highest BCUT2D eigenvalue weighted by atomic mass is 16.7. The van der Waals surface area contributed by atoms with E-state index in [9.17, 15) is 14.4 Å². The molecule has 43 heavy (non-hydrogen) atoms. The molecule has 0 aromatic heterocycles. The number of hydrogen-bond donors (Lipinski definition) is 0. The van der Waals surface area contributed by atoms with Crippen molar-refractivity contribution in [3.8, 4) is 0 Å². The van der Waals surface area contributed by atoms with Crippen molar-refractivity contribution in [2.24, 2.45) is 46.3 Å². The predicted octanol–water partition coefficient (Wildman–Crippen LogP) is 6.30. The number of carbonyl (C=O) groups is 3. The molecule has 1 aromatic carbocycles. The van der Waals surface area contributed by atoms with Gasteiger partial charge in [0.2, 0.25) is 5.79 Å². The summed E-state index contributed by atoms with van der Waals surface area (Å²) in [7, 11) is 0. The Morgan fingerprint density at radius 3 is 2.49 bits per heavy atom. The molecule has 12 atom stereocenters. The monoisotopic (exact) mass is 590 g/mol. The fourth-order valence-corrected chi connectivity index (χ4v) is 10.6. The maximum atomic E-state index is 13.7. The molecule has 5 fully saturated rings. The summed E-state index contributed by atoms with van der Waals surface area (Å²) in [5, 5.41) is 0. The molecule has 2 heterocycles. The van der Waals surface area contributed by atoms with Gasteiger partial charge in [-0.2, -0.15) is 0 Å². The van der Waals surface area contributed by atoms with Gasteiger partial charge in [0, 0.05) is 30.6 Å². The Bertz CT molecular complexity index is 1340. The molecule has 1 spiro atoms. The summed E-state index contributed by atoms with van der Waals surface area (Å²) in [6.07, 6.45) is 7.82. The lowest BCUT2D eigenvalue weighted by Gasteiger charge is -2.61. The van der Waals surface area contributed by atoms with Gasteiger partial charge in [0.25, 0.3) is 0 Å². The highest BCUT2D eigenvalue weighted by Gasteiger charge is 2.71. The third-order valence-electron chi connectivity index (χ3n) is 12.7. The molecule has 7 nitrogen and oxygen atoms in total. The van der Waals surface area contributed by atoms with E-state index in [0.717, 1.165) is 38.5 Å². The third kappa shape index (κ3) is 4.31. The van der Waals surface area contributed by atoms with E-state index in [1.54, 1.807) is 0 Å². The van der Waals surface area contributed by atoms with Crippen LogP contribution in [-0.4, -0.2) is 48.4 Å². The van der Waals surface area contributed by atoms with E-state index in [1.165, 1.54) is 12.5 Å². The number of carbonyl (C=O) groups excluding carboxylic acids is 3. The summed E-state index contributed by atoms with van der Waals surface area (Å²) < 4.78 is 25.3. The zero-order valence-electron chi connectivity index (χ0n) is 26.2. The molecular formula is C36H46O7. The van der Waals surface area contributed by atoms with E-state index in [-0.39, 0.29) is 59.2 Å². The Morgan fingerprint density at radius 1 is 1.00 bits per heavy atom. The zero-order chi connectivity index (χ0) is 30.3. The zero-order valence-corrected chi connectivity index (χ0v) is 26.2. The van der Waals surface area contributed by atoms with Gasteiger partial charge in [-0.3, -0.25) is 9.59 Å². The smallest absolute Gasteiger partial charge is 0.338 e. The number of hydrogen-bond acceptors (Lipinski definition) is 7. The Hall–Kier alpha value is -2.51. The van der Waals surface area contributed by atoms with Crippen LogP contribution in [0.3, 0.4) is 0 Å². The Morgan fingerprint density at radius 2 is 1.77 bits per heavy atom. The summed E-state index contributed by atoms with van der Waals surface area (Å²) in [5.41, 5.74) is 1.49. The minimum absolute atomic E-state index is 0.0149. The van der Waals surface area contributed by atoms with Crippen LogP contribution in [0.2, 0.25) is 0 Å². The van der Waals surface area contributed by atoms with Gasteiger partial charge >= 0.3 is 11.9 Å². The molecule has 3 saturated carbocycles. The van der Waals surface area contributed by atoms with E-state index >= 15 is 0 Å². The number of esters is 2. The maximum absolute atomic E-state index is 13.7. The molecule has 2 saturated heterocycles. The second-order valence-electron chi connectivity index (χ2n) is 15.0. The van der Waals surface area contributed by atoms with Crippen molar-refractivity contribution in [2.75, 3.05) is 6.61 Å². The number of fused-ring (bicyclic) bond motifs is 7. The molecule has 0 bridgehead atoms. The molecular weight excluding hydrogens is 544 g/mol. The van der Waals surface area contributed by atoms with E-state index in [2.05, 4.69) is 26.8 Å². The fraction of sp³-hybridized carbons (Fsp3) is 0.694. The minimum atomic E-state index is -1.23. The normalized spacial score (nSPS) is 46.7. The van der Waals surface area contributed by atoms with Gasteiger partial charge in [0.05, 0.1) is 18.3 Å². The van der Waals surface area contributed by atoms with Crippen molar-refractivity contribution in [3.05, 3.63) is 47.5 Å². The van der Waals surface area contributed by atoms with Crippen molar-refractivity contribution in [3.63, 3.8) is 0 Å². The summed E-state index contributed by atoms with van der Waals surface area (Å²) in [4.78, 5) is 38.9. The summed E-state index contributed by atoms with van der Waals surface area (Å²) in [6.45, 7) is 10.9. The second-order valence-corrected chi connectivity index (χ2v) is 15.0. The topological polar surface area (TPSA) is 88.1 Å². The lowest BCUT2D eigenvalue weighted by atomic mass is 9.44. The van der Waals surface area contributed by atoms with Crippen LogP contribution in [0.1, 0.15) is 89.9 Å². The van der Waals surface area contributed by atoms with Gasteiger partial charge in [-0.25, -0.2) is 4.79 Å². The number of benzene rings is 1. The van der Waals surface area contributed by atoms with E-state index < -0.39 is 11.2 Å². The number of ether oxygens (including phenoxy) is 4. The van der Waals surface area contributed by atoms with Crippen LogP contribution in [0.25, 0.3) is 0 Å². The quantitative estimate of drug-likeness (QED) is 0.302. The average molecular weight is 591 g/mol. The molecule has 0 unspecified atom stereocenters. The molecule has 0 amide bonds. The predicted molar refractivity (Wildman–Crippen MR) is 159 cm³/mol. The van der Waals surface area contributed by atoms with Crippen LogP contribution >= 0.6 is 0 Å². The van der Waals surface area contributed by atoms with Crippen molar-refractivity contribution in [1.82, 2.24) is 0 Å². The first-order chi connectivity index (χ1) is 20.5. The largest absolute Gasteiger partial charge is 0.463 e. The Kier molecular flexibility index (Phi) is 6.97. The van der Waals surface area contributed by atoms with Crippen LogP contribution < -0.4 is 0 Å². The third-order valence-corrected chi connectivity index (χ3v) is 12.7. The highest BCUT2D eigenvalue weighted by Crippen LogP contribution is 2.70. The van der Waals surface area contributed by atoms with Gasteiger partial charge in [0.15, 0.2) is 5.78 Å². The van der Waals surface area contributed by atoms with Crippen molar-refractivity contribution >= 4 is 17.7 Å². The molecule has 7 heteroatoms. The van der Waals surface area contributed by atoms with Gasteiger partial charge in [-0.15, -0.1) is 0 Å². The van der Waals surface area contributed by atoms with Gasteiger partial charge in [-0.1, -0.05) is 57.5 Å². The molecule has 6 aliphatic rings. The Balaban J connectivity index is 1.25. The molecule has 4 aliphatic carbocycles.